The number of hydrogen-bond acceptors (Lipinski definition) is 5. The van der Waals surface area contributed by atoms with E-state index >= 15 is 0 Å². The molecule has 3 aromatic rings. The smallest absolute Gasteiger partial charge is 0.264 e. The summed E-state index contributed by atoms with van der Waals surface area (Å²) >= 11 is 0. The van der Waals surface area contributed by atoms with Crippen molar-refractivity contribution in [3.63, 3.8) is 0 Å². The number of aromatic amines is 1. The SMILES string of the molecule is O=C(Nc1cccc(-c2ccc(=O)[nH]n2)c1)C1CC(=O)N(c2ccc(N3CCCC3)cc2)C1. The lowest BCUT2D eigenvalue weighted by molar-refractivity contribution is -0.122. The first-order valence-corrected chi connectivity index (χ1v) is 11.2. The fourth-order valence-corrected chi connectivity index (χ4v) is 4.46. The largest absolute Gasteiger partial charge is 0.372 e. The van der Waals surface area contributed by atoms with Gasteiger partial charge >= 0.3 is 0 Å². The lowest BCUT2D eigenvalue weighted by Crippen LogP contribution is -2.28. The van der Waals surface area contributed by atoms with E-state index in [1.165, 1.54) is 24.6 Å². The van der Waals surface area contributed by atoms with Crippen LogP contribution in [0.25, 0.3) is 11.3 Å². The topological polar surface area (TPSA) is 98.4 Å². The van der Waals surface area contributed by atoms with Crippen molar-refractivity contribution in [1.82, 2.24) is 10.2 Å². The molecule has 1 atom stereocenters. The molecule has 1 unspecified atom stereocenters. The van der Waals surface area contributed by atoms with Crippen LogP contribution in [-0.4, -0.2) is 41.6 Å². The molecular weight excluding hydrogens is 418 g/mol. The quantitative estimate of drug-likeness (QED) is 0.632. The van der Waals surface area contributed by atoms with Crippen molar-refractivity contribution in [1.29, 1.82) is 0 Å². The highest BCUT2D eigenvalue weighted by molar-refractivity contribution is 6.03. The summed E-state index contributed by atoms with van der Waals surface area (Å²) in [6.07, 6.45) is 2.61. The molecule has 2 aliphatic rings. The summed E-state index contributed by atoms with van der Waals surface area (Å²) < 4.78 is 0. The van der Waals surface area contributed by atoms with Crippen molar-refractivity contribution in [2.24, 2.45) is 5.92 Å². The van der Waals surface area contributed by atoms with Crippen LogP contribution < -0.4 is 20.7 Å². The van der Waals surface area contributed by atoms with Gasteiger partial charge in [-0.1, -0.05) is 12.1 Å². The van der Waals surface area contributed by atoms with Gasteiger partial charge in [-0.15, -0.1) is 0 Å². The number of carbonyl (C=O) groups excluding carboxylic acids is 2. The number of rotatable bonds is 5. The highest BCUT2D eigenvalue weighted by Gasteiger charge is 2.35. The van der Waals surface area contributed by atoms with Crippen LogP contribution in [0.3, 0.4) is 0 Å². The first kappa shape index (κ1) is 20.9. The Kier molecular flexibility index (Phi) is 5.64. The van der Waals surface area contributed by atoms with Gasteiger partial charge in [-0.2, -0.15) is 5.10 Å². The molecule has 2 fully saturated rings. The highest BCUT2D eigenvalue weighted by atomic mass is 16.2. The van der Waals surface area contributed by atoms with Crippen LogP contribution >= 0.6 is 0 Å². The minimum atomic E-state index is -0.425. The Morgan fingerprint density at radius 3 is 2.45 bits per heavy atom. The average Bonchev–Trinajstić information content (AvgIpc) is 3.50. The van der Waals surface area contributed by atoms with Gasteiger partial charge in [-0.3, -0.25) is 14.4 Å². The van der Waals surface area contributed by atoms with Crippen LogP contribution in [0.4, 0.5) is 17.1 Å². The normalized spacial score (nSPS) is 18.1. The van der Waals surface area contributed by atoms with E-state index in [1.807, 2.05) is 24.3 Å². The van der Waals surface area contributed by atoms with Gasteiger partial charge in [-0.05, 0) is 55.3 Å². The van der Waals surface area contributed by atoms with Gasteiger partial charge in [0, 0.05) is 54.7 Å². The van der Waals surface area contributed by atoms with Crippen molar-refractivity contribution >= 4 is 28.9 Å². The molecule has 8 nitrogen and oxygen atoms in total. The van der Waals surface area contributed by atoms with E-state index in [2.05, 4.69) is 32.5 Å². The van der Waals surface area contributed by atoms with Crippen molar-refractivity contribution in [3.8, 4) is 11.3 Å². The predicted molar refractivity (Wildman–Crippen MR) is 127 cm³/mol. The van der Waals surface area contributed by atoms with Gasteiger partial charge in [-0.25, -0.2) is 5.10 Å². The van der Waals surface area contributed by atoms with Gasteiger partial charge in [0.1, 0.15) is 0 Å². The Hall–Kier alpha value is -3.94. The lowest BCUT2D eigenvalue weighted by Gasteiger charge is -2.20. The first-order chi connectivity index (χ1) is 16.1. The number of nitrogens with one attached hydrogen (secondary N) is 2. The Morgan fingerprint density at radius 1 is 0.970 bits per heavy atom. The molecule has 0 bridgehead atoms. The van der Waals surface area contributed by atoms with Crippen molar-refractivity contribution in [2.75, 3.05) is 34.8 Å². The van der Waals surface area contributed by atoms with Gasteiger partial charge in [0.05, 0.1) is 11.6 Å². The van der Waals surface area contributed by atoms with E-state index < -0.39 is 5.92 Å². The number of aromatic nitrogens is 2. The van der Waals surface area contributed by atoms with Crippen LogP contribution in [0.2, 0.25) is 0 Å². The highest BCUT2D eigenvalue weighted by Crippen LogP contribution is 2.29. The Morgan fingerprint density at radius 2 is 1.73 bits per heavy atom. The molecule has 2 saturated heterocycles. The van der Waals surface area contributed by atoms with E-state index in [0.717, 1.165) is 24.3 Å². The summed E-state index contributed by atoms with van der Waals surface area (Å²) in [5, 5.41) is 9.36. The minimum absolute atomic E-state index is 0.0461. The maximum absolute atomic E-state index is 12.9. The minimum Gasteiger partial charge on any atom is -0.372 e. The number of H-pyrrole nitrogens is 1. The Bertz CT molecular complexity index is 1210. The van der Waals surface area contributed by atoms with E-state index in [-0.39, 0.29) is 23.8 Å². The number of nitrogens with zero attached hydrogens (tertiary/aromatic N) is 3. The van der Waals surface area contributed by atoms with Crippen LogP contribution in [-0.2, 0) is 9.59 Å². The summed E-state index contributed by atoms with van der Waals surface area (Å²) in [5.41, 5.74) is 3.71. The molecule has 2 aromatic carbocycles. The zero-order valence-electron chi connectivity index (χ0n) is 18.2. The van der Waals surface area contributed by atoms with E-state index in [0.29, 0.717) is 17.9 Å². The summed E-state index contributed by atoms with van der Waals surface area (Å²) in [6, 6.07) is 18.3. The number of benzene rings is 2. The zero-order chi connectivity index (χ0) is 22.8. The van der Waals surface area contributed by atoms with E-state index in [9.17, 15) is 14.4 Å². The maximum Gasteiger partial charge on any atom is 0.264 e. The lowest BCUT2D eigenvalue weighted by atomic mass is 10.1. The van der Waals surface area contributed by atoms with Gasteiger partial charge < -0.3 is 15.1 Å². The molecule has 3 heterocycles. The van der Waals surface area contributed by atoms with Crippen LogP contribution in [0.15, 0.2) is 65.5 Å². The molecule has 5 rings (SSSR count). The van der Waals surface area contributed by atoms with Crippen LogP contribution in [0.5, 0.6) is 0 Å². The monoisotopic (exact) mass is 443 g/mol. The second-order valence-electron chi connectivity index (χ2n) is 8.49. The van der Waals surface area contributed by atoms with Gasteiger partial charge in [0.25, 0.3) is 5.56 Å². The Balaban J connectivity index is 1.25. The second kappa shape index (κ2) is 8.90. The van der Waals surface area contributed by atoms with Gasteiger partial charge in [0.2, 0.25) is 11.8 Å². The van der Waals surface area contributed by atoms with Crippen molar-refractivity contribution in [3.05, 3.63) is 71.0 Å². The molecule has 2 aliphatic heterocycles. The van der Waals surface area contributed by atoms with Crippen molar-refractivity contribution in [2.45, 2.75) is 19.3 Å². The third kappa shape index (κ3) is 4.50. The van der Waals surface area contributed by atoms with E-state index in [1.54, 1.807) is 23.1 Å². The predicted octanol–water partition coefficient (Wildman–Crippen LogP) is 3.03. The summed E-state index contributed by atoms with van der Waals surface area (Å²) in [4.78, 5) is 40.8. The molecule has 2 N–H and O–H groups in total. The van der Waals surface area contributed by atoms with Crippen LogP contribution in [0, 0.1) is 5.92 Å². The molecule has 0 radical (unpaired) electrons. The molecule has 0 aliphatic carbocycles. The summed E-state index contributed by atoms with van der Waals surface area (Å²) in [6.45, 7) is 2.50. The fourth-order valence-electron chi connectivity index (χ4n) is 4.46. The molecular formula is C25H25N5O3. The second-order valence-corrected chi connectivity index (χ2v) is 8.49. The molecule has 0 spiro atoms. The first-order valence-electron chi connectivity index (χ1n) is 11.2. The molecule has 8 heteroatoms. The third-order valence-corrected chi connectivity index (χ3v) is 6.23. The molecule has 2 amide bonds. The number of anilines is 3. The maximum atomic E-state index is 12.9. The Labute approximate surface area is 191 Å². The molecule has 168 valence electrons. The molecule has 0 saturated carbocycles. The summed E-state index contributed by atoms with van der Waals surface area (Å²) in [7, 11) is 0. The van der Waals surface area contributed by atoms with Crippen LogP contribution in [0.1, 0.15) is 19.3 Å². The number of carbonyl (C=O) groups is 2. The zero-order valence-corrected chi connectivity index (χ0v) is 18.2. The average molecular weight is 444 g/mol. The third-order valence-electron chi connectivity index (χ3n) is 6.23. The summed E-state index contributed by atoms with van der Waals surface area (Å²) in [5.74, 6) is -0.660. The van der Waals surface area contributed by atoms with Crippen molar-refractivity contribution < 1.29 is 9.59 Å². The number of amides is 2. The fraction of sp³-hybridized carbons (Fsp3) is 0.280. The van der Waals surface area contributed by atoms with Gasteiger partial charge in [0.15, 0.2) is 0 Å². The number of hydrogen-bond donors (Lipinski definition) is 2. The molecule has 33 heavy (non-hydrogen) atoms. The standard InChI is InChI=1S/C25H25N5O3/c31-23-11-10-22(27-28-23)17-4-3-5-19(14-17)26-25(33)18-15-24(32)30(16-18)21-8-6-20(7-9-21)29-12-1-2-13-29/h3-11,14,18H,1-2,12-13,15-16H2,(H,26,33)(H,28,31). The molecule has 1 aromatic heterocycles. The van der Waals surface area contributed by atoms with E-state index in [4.69, 9.17) is 0 Å².